The fraction of sp³-hybridized carbons (Fsp3) is 0.529. The highest BCUT2D eigenvalue weighted by atomic mass is 16.5. The Bertz CT molecular complexity index is 404. The Morgan fingerprint density at radius 1 is 1.25 bits per heavy atom. The number of methoxy groups -OCH3 is 2. The Morgan fingerprint density at radius 2 is 1.95 bits per heavy atom. The minimum atomic E-state index is 0.186. The SMILES string of the molecule is C=CC[C@@H](N[C@H](COC)C(C)C)c1ccccc1OC. The van der Waals surface area contributed by atoms with Gasteiger partial charge in [-0.25, -0.2) is 0 Å². The molecule has 0 aromatic heterocycles. The van der Waals surface area contributed by atoms with Gasteiger partial charge in [0.05, 0.1) is 13.7 Å². The minimum absolute atomic E-state index is 0.186. The van der Waals surface area contributed by atoms with Crippen LogP contribution >= 0.6 is 0 Å². The fourth-order valence-electron chi connectivity index (χ4n) is 2.28. The summed E-state index contributed by atoms with van der Waals surface area (Å²) in [6, 6.07) is 8.61. The molecular formula is C17H27NO2. The number of hydrogen-bond acceptors (Lipinski definition) is 3. The molecule has 1 aromatic carbocycles. The number of ether oxygens (including phenoxy) is 2. The Hall–Kier alpha value is -1.32. The van der Waals surface area contributed by atoms with E-state index in [4.69, 9.17) is 9.47 Å². The van der Waals surface area contributed by atoms with E-state index < -0.39 is 0 Å². The van der Waals surface area contributed by atoms with Crippen molar-refractivity contribution in [3.63, 3.8) is 0 Å². The van der Waals surface area contributed by atoms with Crippen LogP contribution in [-0.4, -0.2) is 26.9 Å². The highest BCUT2D eigenvalue weighted by Crippen LogP contribution is 2.28. The number of hydrogen-bond donors (Lipinski definition) is 1. The molecule has 0 saturated carbocycles. The van der Waals surface area contributed by atoms with Crippen molar-refractivity contribution in [1.82, 2.24) is 5.32 Å². The van der Waals surface area contributed by atoms with Crippen LogP contribution in [0.15, 0.2) is 36.9 Å². The van der Waals surface area contributed by atoms with Crippen LogP contribution in [0.5, 0.6) is 5.75 Å². The van der Waals surface area contributed by atoms with Gasteiger partial charge < -0.3 is 14.8 Å². The van der Waals surface area contributed by atoms with Gasteiger partial charge in [0, 0.05) is 24.8 Å². The molecule has 0 spiro atoms. The molecule has 0 heterocycles. The van der Waals surface area contributed by atoms with E-state index in [0.29, 0.717) is 18.6 Å². The molecule has 0 aliphatic heterocycles. The Kier molecular flexibility index (Phi) is 7.34. The third kappa shape index (κ3) is 4.66. The molecule has 0 bridgehead atoms. The van der Waals surface area contributed by atoms with Crippen LogP contribution in [0.1, 0.15) is 31.9 Å². The molecule has 1 aromatic rings. The third-order valence-corrected chi connectivity index (χ3v) is 3.48. The van der Waals surface area contributed by atoms with Crippen molar-refractivity contribution < 1.29 is 9.47 Å². The van der Waals surface area contributed by atoms with Crippen LogP contribution in [-0.2, 0) is 4.74 Å². The summed E-state index contributed by atoms with van der Waals surface area (Å²) in [6.07, 6.45) is 2.79. The van der Waals surface area contributed by atoms with E-state index in [1.54, 1.807) is 14.2 Å². The average molecular weight is 277 g/mol. The van der Waals surface area contributed by atoms with Gasteiger partial charge in [0.2, 0.25) is 0 Å². The lowest BCUT2D eigenvalue weighted by atomic mass is 9.98. The van der Waals surface area contributed by atoms with Gasteiger partial charge in [0.1, 0.15) is 5.75 Å². The van der Waals surface area contributed by atoms with Crippen molar-refractivity contribution in [3.05, 3.63) is 42.5 Å². The second kappa shape index (κ2) is 8.77. The van der Waals surface area contributed by atoms with E-state index in [-0.39, 0.29) is 6.04 Å². The molecule has 0 aliphatic carbocycles. The standard InChI is InChI=1S/C17H27NO2/c1-6-9-15(18-16(12-19-4)13(2)3)14-10-7-8-11-17(14)20-5/h6-8,10-11,13,15-16,18H,1,9,12H2,2-5H3/t15-,16-/m1/s1. The number of benzene rings is 1. The molecule has 0 fully saturated rings. The maximum Gasteiger partial charge on any atom is 0.123 e. The third-order valence-electron chi connectivity index (χ3n) is 3.48. The average Bonchev–Trinajstić information content (AvgIpc) is 2.45. The summed E-state index contributed by atoms with van der Waals surface area (Å²) in [5.41, 5.74) is 1.16. The maximum atomic E-state index is 5.47. The summed E-state index contributed by atoms with van der Waals surface area (Å²) in [7, 11) is 3.45. The largest absolute Gasteiger partial charge is 0.496 e. The topological polar surface area (TPSA) is 30.5 Å². The molecule has 3 heteroatoms. The first-order chi connectivity index (χ1) is 9.63. The van der Waals surface area contributed by atoms with E-state index in [2.05, 4.69) is 31.8 Å². The van der Waals surface area contributed by atoms with Crippen LogP contribution in [0.3, 0.4) is 0 Å². The number of rotatable bonds is 9. The van der Waals surface area contributed by atoms with E-state index in [1.165, 1.54) is 0 Å². The zero-order chi connectivity index (χ0) is 15.0. The van der Waals surface area contributed by atoms with Crippen molar-refractivity contribution in [1.29, 1.82) is 0 Å². The molecule has 0 saturated heterocycles. The van der Waals surface area contributed by atoms with Gasteiger partial charge in [-0.1, -0.05) is 38.1 Å². The summed E-state index contributed by atoms with van der Waals surface area (Å²) in [6.45, 7) is 8.96. The molecular weight excluding hydrogens is 250 g/mol. The van der Waals surface area contributed by atoms with Crippen LogP contribution in [0, 0.1) is 5.92 Å². The van der Waals surface area contributed by atoms with Crippen molar-refractivity contribution in [2.24, 2.45) is 5.92 Å². The summed E-state index contributed by atoms with van der Waals surface area (Å²) in [5.74, 6) is 1.41. The highest BCUT2D eigenvalue weighted by Gasteiger charge is 2.21. The monoisotopic (exact) mass is 277 g/mol. The Labute approximate surface area is 123 Å². The summed E-state index contributed by atoms with van der Waals surface area (Å²) in [5, 5.41) is 3.67. The van der Waals surface area contributed by atoms with Crippen molar-refractivity contribution in [2.45, 2.75) is 32.4 Å². The normalized spacial score (nSPS) is 14.1. The zero-order valence-electron chi connectivity index (χ0n) is 13.1. The van der Waals surface area contributed by atoms with E-state index in [9.17, 15) is 0 Å². The van der Waals surface area contributed by atoms with Crippen LogP contribution < -0.4 is 10.1 Å². The molecule has 3 nitrogen and oxygen atoms in total. The van der Waals surface area contributed by atoms with Gasteiger partial charge >= 0.3 is 0 Å². The van der Waals surface area contributed by atoms with Crippen LogP contribution in [0.4, 0.5) is 0 Å². The van der Waals surface area contributed by atoms with E-state index >= 15 is 0 Å². The molecule has 1 rings (SSSR count). The molecule has 2 atom stereocenters. The Balaban J connectivity index is 2.95. The first-order valence-corrected chi connectivity index (χ1v) is 7.12. The Morgan fingerprint density at radius 3 is 2.50 bits per heavy atom. The molecule has 0 unspecified atom stereocenters. The van der Waals surface area contributed by atoms with Gasteiger partial charge in [-0.05, 0) is 18.4 Å². The highest BCUT2D eigenvalue weighted by molar-refractivity contribution is 5.36. The number of para-hydroxylation sites is 1. The first-order valence-electron chi connectivity index (χ1n) is 7.12. The molecule has 0 amide bonds. The summed E-state index contributed by atoms with van der Waals surface area (Å²) in [4.78, 5) is 0. The molecule has 1 N–H and O–H groups in total. The molecule has 112 valence electrons. The summed E-state index contributed by atoms with van der Waals surface area (Å²) >= 11 is 0. The second-order valence-electron chi connectivity index (χ2n) is 5.29. The van der Waals surface area contributed by atoms with Crippen molar-refractivity contribution >= 4 is 0 Å². The van der Waals surface area contributed by atoms with Gasteiger partial charge in [-0.2, -0.15) is 0 Å². The van der Waals surface area contributed by atoms with E-state index in [0.717, 1.165) is 17.7 Å². The fourth-order valence-corrected chi connectivity index (χ4v) is 2.28. The predicted molar refractivity (Wildman–Crippen MR) is 84.2 cm³/mol. The van der Waals surface area contributed by atoms with Gasteiger partial charge in [-0.3, -0.25) is 0 Å². The molecule has 0 radical (unpaired) electrons. The quantitative estimate of drug-likeness (QED) is 0.700. The second-order valence-corrected chi connectivity index (χ2v) is 5.29. The lowest BCUT2D eigenvalue weighted by Crippen LogP contribution is -2.40. The smallest absolute Gasteiger partial charge is 0.123 e. The van der Waals surface area contributed by atoms with Gasteiger partial charge in [0.25, 0.3) is 0 Å². The van der Waals surface area contributed by atoms with Crippen molar-refractivity contribution in [3.8, 4) is 5.75 Å². The molecule has 0 aliphatic rings. The van der Waals surface area contributed by atoms with Crippen LogP contribution in [0.25, 0.3) is 0 Å². The molecule has 20 heavy (non-hydrogen) atoms. The number of nitrogens with one attached hydrogen (secondary N) is 1. The maximum absolute atomic E-state index is 5.47. The predicted octanol–water partition coefficient (Wildman–Crippen LogP) is 3.57. The van der Waals surface area contributed by atoms with Crippen molar-refractivity contribution in [2.75, 3.05) is 20.8 Å². The summed E-state index contributed by atoms with van der Waals surface area (Å²) < 4.78 is 10.8. The lowest BCUT2D eigenvalue weighted by Gasteiger charge is -2.28. The lowest BCUT2D eigenvalue weighted by molar-refractivity contribution is 0.140. The van der Waals surface area contributed by atoms with Gasteiger partial charge in [0.15, 0.2) is 0 Å². The van der Waals surface area contributed by atoms with Gasteiger partial charge in [-0.15, -0.1) is 6.58 Å². The van der Waals surface area contributed by atoms with Crippen LogP contribution in [0.2, 0.25) is 0 Å². The minimum Gasteiger partial charge on any atom is -0.496 e. The first kappa shape index (κ1) is 16.7. The van der Waals surface area contributed by atoms with E-state index in [1.807, 2.05) is 24.3 Å². The zero-order valence-corrected chi connectivity index (χ0v) is 13.1.